The lowest BCUT2D eigenvalue weighted by atomic mass is 10.3. The second-order valence-electron chi connectivity index (χ2n) is 5.27. The van der Waals surface area contributed by atoms with Gasteiger partial charge in [-0.1, -0.05) is 12.1 Å². The van der Waals surface area contributed by atoms with Crippen molar-refractivity contribution in [1.82, 2.24) is 15.1 Å². The normalized spacial score (nSPS) is 15.7. The van der Waals surface area contributed by atoms with Crippen LogP contribution in [0.4, 0.5) is 5.69 Å². The Morgan fingerprint density at radius 1 is 1.43 bits per heavy atom. The van der Waals surface area contributed by atoms with E-state index in [4.69, 9.17) is 5.73 Å². The fourth-order valence-electron chi connectivity index (χ4n) is 2.20. The van der Waals surface area contributed by atoms with E-state index in [1.807, 2.05) is 36.0 Å². The summed E-state index contributed by atoms with van der Waals surface area (Å²) in [5, 5.41) is 7.27. The van der Waals surface area contributed by atoms with Crippen LogP contribution in [0.15, 0.2) is 36.5 Å². The molecule has 21 heavy (non-hydrogen) atoms. The van der Waals surface area contributed by atoms with Gasteiger partial charge in [0, 0.05) is 17.5 Å². The van der Waals surface area contributed by atoms with E-state index in [2.05, 4.69) is 16.7 Å². The molecule has 2 aromatic rings. The van der Waals surface area contributed by atoms with E-state index in [-0.39, 0.29) is 10.7 Å². The molecule has 1 aromatic carbocycles. The van der Waals surface area contributed by atoms with Crippen molar-refractivity contribution in [2.24, 2.45) is 0 Å². The van der Waals surface area contributed by atoms with Crippen LogP contribution in [-0.2, 0) is 0 Å². The predicted molar refractivity (Wildman–Crippen MR) is 85.8 cm³/mol. The van der Waals surface area contributed by atoms with E-state index in [9.17, 15) is 4.79 Å². The standard InChI is InChI=1S/C15H18N4OS/c1-21-15(7-8-15)10-17-14(20)12-6-9-19(18-12)13-5-3-2-4-11(13)16/h2-6,9H,7-8,10,16H2,1H3,(H,17,20). The van der Waals surface area contributed by atoms with Gasteiger partial charge in [0.25, 0.3) is 5.91 Å². The summed E-state index contributed by atoms with van der Waals surface area (Å²) < 4.78 is 1.88. The van der Waals surface area contributed by atoms with Gasteiger partial charge in [0.1, 0.15) is 0 Å². The number of hydrogen-bond acceptors (Lipinski definition) is 4. The van der Waals surface area contributed by atoms with Gasteiger partial charge in [-0.2, -0.15) is 16.9 Å². The third kappa shape index (κ3) is 2.90. The molecule has 0 spiro atoms. The number of nitrogens with one attached hydrogen (secondary N) is 1. The molecule has 0 unspecified atom stereocenters. The molecule has 0 atom stereocenters. The number of para-hydroxylation sites is 2. The molecule has 3 rings (SSSR count). The van der Waals surface area contributed by atoms with Crippen LogP contribution in [0.2, 0.25) is 0 Å². The fourth-order valence-corrected chi connectivity index (χ4v) is 2.93. The summed E-state index contributed by atoms with van der Waals surface area (Å²) in [6.07, 6.45) is 6.18. The largest absolute Gasteiger partial charge is 0.397 e. The zero-order valence-corrected chi connectivity index (χ0v) is 12.7. The van der Waals surface area contributed by atoms with E-state index in [0.29, 0.717) is 17.9 Å². The van der Waals surface area contributed by atoms with Gasteiger partial charge in [0.2, 0.25) is 0 Å². The van der Waals surface area contributed by atoms with Crippen LogP contribution in [0, 0.1) is 0 Å². The van der Waals surface area contributed by atoms with E-state index in [0.717, 1.165) is 5.69 Å². The van der Waals surface area contributed by atoms with Crippen LogP contribution in [0.3, 0.4) is 0 Å². The fraction of sp³-hybridized carbons (Fsp3) is 0.333. The van der Waals surface area contributed by atoms with Crippen molar-refractivity contribution < 1.29 is 4.79 Å². The zero-order valence-electron chi connectivity index (χ0n) is 11.9. The third-order valence-corrected chi connectivity index (χ3v) is 5.24. The van der Waals surface area contributed by atoms with Gasteiger partial charge in [0.05, 0.1) is 11.4 Å². The van der Waals surface area contributed by atoms with Crippen molar-refractivity contribution in [2.45, 2.75) is 17.6 Å². The summed E-state index contributed by atoms with van der Waals surface area (Å²) in [7, 11) is 0. The number of anilines is 1. The highest BCUT2D eigenvalue weighted by Crippen LogP contribution is 2.46. The number of hydrogen-bond donors (Lipinski definition) is 2. The van der Waals surface area contributed by atoms with Gasteiger partial charge in [-0.3, -0.25) is 4.79 Å². The Kier molecular flexibility index (Phi) is 3.63. The van der Waals surface area contributed by atoms with E-state index in [1.165, 1.54) is 12.8 Å². The lowest BCUT2D eigenvalue weighted by molar-refractivity contribution is 0.0947. The maximum absolute atomic E-state index is 12.1. The first-order chi connectivity index (χ1) is 10.1. The summed E-state index contributed by atoms with van der Waals surface area (Å²) in [6.45, 7) is 0.702. The summed E-state index contributed by atoms with van der Waals surface area (Å²) >= 11 is 1.82. The quantitative estimate of drug-likeness (QED) is 0.829. The average Bonchev–Trinajstić information content (AvgIpc) is 3.12. The average molecular weight is 302 g/mol. The van der Waals surface area contributed by atoms with Crippen molar-refractivity contribution in [3.05, 3.63) is 42.2 Å². The lowest BCUT2D eigenvalue weighted by Gasteiger charge is -2.12. The minimum absolute atomic E-state index is 0.136. The van der Waals surface area contributed by atoms with Gasteiger partial charge in [-0.15, -0.1) is 0 Å². The molecule has 6 heteroatoms. The smallest absolute Gasteiger partial charge is 0.271 e. The Morgan fingerprint density at radius 2 is 2.19 bits per heavy atom. The second-order valence-corrected chi connectivity index (χ2v) is 6.55. The number of rotatable bonds is 5. The van der Waals surface area contributed by atoms with Gasteiger partial charge in [0.15, 0.2) is 5.69 Å². The molecule has 1 heterocycles. The van der Waals surface area contributed by atoms with Gasteiger partial charge < -0.3 is 11.1 Å². The maximum atomic E-state index is 12.1. The first-order valence-corrected chi connectivity index (χ1v) is 8.10. The Balaban J connectivity index is 1.70. The lowest BCUT2D eigenvalue weighted by Crippen LogP contribution is -2.32. The van der Waals surface area contributed by atoms with Gasteiger partial charge in [-0.25, -0.2) is 4.68 Å². The zero-order chi connectivity index (χ0) is 14.9. The molecule has 1 aromatic heterocycles. The van der Waals surface area contributed by atoms with Crippen LogP contribution in [0.25, 0.3) is 5.69 Å². The first-order valence-electron chi connectivity index (χ1n) is 6.87. The summed E-state index contributed by atoms with van der Waals surface area (Å²) in [4.78, 5) is 12.1. The molecule has 1 saturated carbocycles. The maximum Gasteiger partial charge on any atom is 0.271 e. The summed E-state index contributed by atoms with van der Waals surface area (Å²) in [6, 6.07) is 9.15. The third-order valence-electron chi connectivity index (χ3n) is 3.82. The van der Waals surface area contributed by atoms with Crippen molar-refractivity contribution in [1.29, 1.82) is 0 Å². The van der Waals surface area contributed by atoms with Crippen LogP contribution < -0.4 is 11.1 Å². The molecule has 1 aliphatic carbocycles. The monoisotopic (exact) mass is 302 g/mol. The first kappa shape index (κ1) is 14.0. The molecular formula is C15H18N4OS. The molecule has 0 aliphatic heterocycles. The molecule has 1 fully saturated rings. The van der Waals surface area contributed by atoms with Crippen molar-refractivity contribution in [3.63, 3.8) is 0 Å². The van der Waals surface area contributed by atoms with Crippen LogP contribution >= 0.6 is 11.8 Å². The number of aromatic nitrogens is 2. The molecule has 1 amide bonds. The van der Waals surface area contributed by atoms with Gasteiger partial charge >= 0.3 is 0 Å². The van der Waals surface area contributed by atoms with Crippen LogP contribution in [0.5, 0.6) is 0 Å². The Labute approximate surface area is 127 Å². The Hall–Kier alpha value is -1.95. The number of thioether (sulfide) groups is 1. The number of nitrogen functional groups attached to an aromatic ring is 1. The van der Waals surface area contributed by atoms with Crippen LogP contribution in [0.1, 0.15) is 23.3 Å². The molecule has 5 nitrogen and oxygen atoms in total. The van der Waals surface area contributed by atoms with Crippen molar-refractivity contribution in [3.8, 4) is 5.69 Å². The molecule has 0 bridgehead atoms. The number of benzene rings is 1. The number of carbonyl (C=O) groups is 1. The Morgan fingerprint density at radius 3 is 2.86 bits per heavy atom. The minimum atomic E-state index is -0.136. The van der Waals surface area contributed by atoms with E-state index >= 15 is 0 Å². The van der Waals surface area contributed by atoms with Crippen LogP contribution in [-0.4, -0.2) is 33.2 Å². The highest BCUT2D eigenvalue weighted by molar-refractivity contribution is 8.00. The SMILES string of the molecule is CSC1(CNC(=O)c2ccn(-c3ccccc3N)n2)CC1. The summed E-state index contributed by atoms with van der Waals surface area (Å²) in [5.74, 6) is -0.136. The number of amides is 1. The van der Waals surface area contributed by atoms with Crippen molar-refractivity contribution in [2.75, 3.05) is 18.5 Å². The number of nitrogens with zero attached hydrogens (tertiary/aromatic N) is 2. The number of nitrogens with two attached hydrogens (primary N) is 1. The van der Waals surface area contributed by atoms with Crippen molar-refractivity contribution >= 4 is 23.4 Å². The molecule has 0 radical (unpaired) electrons. The highest BCUT2D eigenvalue weighted by Gasteiger charge is 2.42. The predicted octanol–water partition coefficient (Wildman–Crippen LogP) is 2.08. The second kappa shape index (κ2) is 5.44. The molecule has 110 valence electrons. The highest BCUT2D eigenvalue weighted by atomic mass is 32.2. The number of carbonyl (C=O) groups excluding carboxylic acids is 1. The molecule has 1 aliphatic rings. The van der Waals surface area contributed by atoms with Gasteiger partial charge in [-0.05, 0) is 37.3 Å². The van der Waals surface area contributed by atoms with E-state index in [1.54, 1.807) is 16.9 Å². The molecule has 3 N–H and O–H groups in total. The molecule has 0 saturated heterocycles. The van der Waals surface area contributed by atoms with E-state index < -0.39 is 0 Å². The minimum Gasteiger partial charge on any atom is -0.397 e. The molecular weight excluding hydrogens is 284 g/mol. The topological polar surface area (TPSA) is 72.9 Å². The summed E-state index contributed by atoms with van der Waals surface area (Å²) in [5.41, 5.74) is 7.74. The Bertz CT molecular complexity index is 663.